The summed E-state index contributed by atoms with van der Waals surface area (Å²) in [6.07, 6.45) is 0.733. The van der Waals surface area contributed by atoms with E-state index in [-0.39, 0.29) is 19.0 Å². The zero-order valence-electron chi connectivity index (χ0n) is 7.93. The molecule has 1 N–H and O–H groups in total. The highest BCUT2D eigenvalue weighted by atomic mass is 35.5. The molecule has 5 nitrogen and oxygen atoms in total. The van der Waals surface area contributed by atoms with E-state index in [1.165, 1.54) is 4.90 Å². The number of halogens is 1. The van der Waals surface area contributed by atoms with Crippen molar-refractivity contribution >= 4 is 24.5 Å². The average Bonchev–Trinajstić information content (AvgIpc) is 2.52. The number of nitrogens with zero attached hydrogens (tertiary/aromatic N) is 1. The molecule has 0 radical (unpaired) electrons. The first kappa shape index (κ1) is 13.0. The van der Waals surface area contributed by atoms with Crippen LogP contribution >= 0.6 is 12.4 Å². The third-order valence-electron chi connectivity index (χ3n) is 2.04. The van der Waals surface area contributed by atoms with Crippen LogP contribution in [0.1, 0.15) is 19.8 Å². The summed E-state index contributed by atoms with van der Waals surface area (Å²) in [5.41, 5.74) is 0. The molecular weight excluding hydrogens is 210 g/mol. The van der Waals surface area contributed by atoms with Gasteiger partial charge in [-0.25, -0.2) is 9.59 Å². The molecular formula is C8H14ClNO4. The van der Waals surface area contributed by atoms with Crippen molar-refractivity contribution < 1.29 is 19.4 Å². The van der Waals surface area contributed by atoms with Gasteiger partial charge in [-0.15, -0.1) is 12.4 Å². The van der Waals surface area contributed by atoms with Crippen LogP contribution in [-0.2, 0) is 9.53 Å². The first-order chi connectivity index (χ1) is 6.16. The molecule has 1 fully saturated rings. The highest BCUT2D eigenvalue weighted by Gasteiger charge is 2.34. The summed E-state index contributed by atoms with van der Waals surface area (Å²) in [6, 6.07) is -0.695. The van der Waals surface area contributed by atoms with Crippen LogP contribution in [0.5, 0.6) is 0 Å². The smallest absolute Gasteiger partial charge is 0.410 e. The Morgan fingerprint density at radius 2 is 2.21 bits per heavy atom. The van der Waals surface area contributed by atoms with Crippen LogP contribution in [0.4, 0.5) is 4.79 Å². The van der Waals surface area contributed by atoms with Gasteiger partial charge in [0.2, 0.25) is 0 Å². The molecule has 1 amide bonds. The molecule has 6 heteroatoms. The molecule has 1 atom stereocenters. The number of carboxylic acid groups (broad SMARTS) is 1. The Morgan fingerprint density at radius 1 is 1.57 bits per heavy atom. The summed E-state index contributed by atoms with van der Waals surface area (Å²) in [6.45, 7) is 2.46. The van der Waals surface area contributed by atoms with Gasteiger partial charge in [0.05, 0.1) is 6.61 Å². The maximum atomic E-state index is 11.2. The quantitative estimate of drug-likeness (QED) is 0.762. The van der Waals surface area contributed by atoms with Crippen molar-refractivity contribution in [1.82, 2.24) is 4.90 Å². The second kappa shape index (κ2) is 5.70. The van der Waals surface area contributed by atoms with Gasteiger partial charge in [-0.3, -0.25) is 4.90 Å². The lowest BCUT2D eigenvalue weighted by Crippen LogP contribution is -2.40. The number of hydrogen-bond acceptors (Lipinski definition) is 3. The Bertz CT molecular complexity index is 221. The number of aliphatic carboxylic acids is 1. The SMILES string of the molecule is CCOC(=O)N1CCC[C@H]1C(=O)O.Cl. The van der Waals surface area contributed by atoms with Crippen molar-refractivity contribution in [2.45, 2.75) is 25.8 Å². The maximum Gasteiger partial charge on any atom is 0.410 e. The van der Waals surface area contributed by atoms with Gasteiger partial charge in [0.1, 0.15) is 6.04 Å². The van der Waals surface area contributed by atoms with Crippen LogP contribution < -0.4 is 0 Å². The summed E-state index contributed by atoms with van der Waals surface area (Å²) in [4.78, 5) is 23.1. The van der Waals surface area contributed by atoms with Gasteiger partial charge in [0.25, 0.3) is 0 Å². The molecule has 0 unspecified atom stereocenters. The van der Waals surface area contributed by atoms with E-state index >= 15 is 0 Å². The minimum atomic E-state index is -0.953. The number of hydrogen-bond donors (Lipinski definition) is 1. The molecule has 1 aliphatic heterocycles. The van der Waals surface area contributed by atoms with Crippen molar-refractivity contribution in [1.29, 1.82) is 0 Å². The summed E-state index contributed by atoms with van der Waals surface area (Å²) >= 11 is 0. The number of carbonyl (C=O) groups is 2. The van der Waals surface area contributed by atoms with Gasteiger partial charge in [-0.2, -0.15) is 0 Å². The molecule has 0 bridgehead atoms. The van der Waals surface area contributed by atoms with Crippen LogP contribution in [0.25, 0.3) is 0 Å². The number of likely N-dealkylation sites (tertiary alicyclic amines) is 1. The lowest BCUT2D eigenvalue weighted by Gasteiger charge is -2.19. The van der Waals surface area contributed by atoms with Gasteiger partial charge in [0.15, 0.2) is 0 Å². The fraction of sp³-hybridized carbons (Fsp3) is 0.750. The maximum absolute atomic E-state index is 11.2. The van der Waals surface area contributed by atoms with E-state index in [4.69, 9.17) is 9.84 Å². The van der Waals surface area contributed by atoms with E-state index in [1.54, 1.807) is 6.92 Å². The number of rotatable bonds is 2. The summed E-state index contributed by atoms with van der Waals surface area (Å²) < 4.78 is 4.73. The standard InChI is InChI=1S/C8H13NO4.ClH/c1-2-13-8(12)9-5-3-4-6(9)7(10)11;/h6H,2-5H2,1H3,(H,10,11);1H/t6-;/m0./s1. The van der Waals surface area contributed by atoms with Crippen molar-refractivity contribution in [2.75, 3.05) is 13.2 Å². The summed E-state index contributed by atoms with van der Waals surface area (Å²) in [5.74, 6) is -0.953. The third kappa shape index (κ3) is 2.77. The van der Waals surface area contributed by atoms with Crippen LogP contribution in [0.15, 0.2) is 0 Å². The van der Waals surface area contributed by atoms with Gasteiger partial charge in [-0.05, 0) is 19.8 Å². The highest BCUT2D eigenvalue weighted by Crippen LogP contribution is 2.18. The topological polar surface area (TPSA) is 66.8 Å². The molecule has 0 aromatic heterocycles. The molecule has 1 aliphatic rings. The van der Waals surface area contributed by atoms with Crippen molar-refractivity contribution in [3.05, 3.63) is 0 Å². The predicted molar refractivity (Wildman–Crippen MR) is 51.6 cm³/mol. The molecule has 0 saturated carbocycles. The van der Waals surface area contributed by atoms with Crippen molar-refractivity contribution in [2.24, 2.45) is 0 Å². The molecule has 14 heavy (non-hydrogen) atoms. The average molecular weight is 224 g/mol. The monoisotopic (exact) mass is 223 g/mol. The zero-order chi connectivity index (χ0) is 9.84. The Hall–Kier alpha value is -0.970. The molecule has 82 valence electrons. The minimum absolute atomic E-state index is 0. The number of ether oxygens (including phenoxy) is 1. The van der Waals surface area contributed by atoms with Gasteiger partial charge in [0, 0.05) is 6.54 Å². The lowest BCUT2D eigenvalue weighted by atomic mass is 10.2. The fourth-order valence-corrected chi connectivity index (χ4v) is 1.45. The number of amides is 1. The molecule has 1 saturated heterocycles. The second-order valence-electron chi connectivity index (χ2n) is 2.89. The Balaban J connectivity index is 0.00000169. The third-order valence-corrected chi connectivity index (χ3v) is 2.04. The zero-order valence-corrected chi connectivity index (χ0v) is 8.75. The predicted octanol–water partition coefficient (Wildman–Crippen LogP) is 1.11. The first-order valence-electron chi connectivity index (χ1n) is 4.33. The molecule has 0 aliphatic carbocycles. The number of carbonyl (C=O) groups excluding carboxylic acids is 1. The summed E-state index contributed by atoms with van der Waals surface area (Å²) in [5, 5.41) is 8.75. The summed E-state index contributed by atoms with van der Waals surface area (Å²) in [7, 11) is 0. The molecule has 0 spiro atoms. The fourth-order valence-electron chi connectivity index (χ4n) is 1.45. The second-order valence-corrected chi connectivity index (χ2v) is 2.89. The minimum Gasteiger partial charge on any atom is -0.480 e. The van der Waals surface area contributed by atoms with E-state index < -0.39 is 18.1 Å². The largest absolute Gasteiger partial charge is 0.480 e. The van der Waals surface area contributed by atoms with E-state index in [1.807, 2.05) is 0 Å². The van der Waals surface area contributed by atoms with Crippen LogP contribution in [0, 0.1) is 0 Å². The molecule has 0 aromatic rings. The van der Waals surface area contributed by atoms with Crippen molar-refractivity contribution in [3.63, 3.8) is 0 Å². The number of carboxylic acids is 1. The molecule has 1 rings (SSSR count). The Morgan fingerprint density at radius 3 is 2.71 bits per heavy atom. The van der Waals surface area contributed by atoms with Gasteiger partial charge < -0.3 is 9.84 Å². The Kier molecular flexibility index (Phi) is 5.30. The Labute approximate surface area is 88.4 Å². The van der Waals surface area contributed by atoms with Crippen LogP contribution in [0.2, 0.25) is 0 Å². The van der Waals surface area contributed by atoms with Crippen molar-refractivity contribution in [3.8, 4) is 0 Å². The molecule has 0 aromatic carbocycles. The van der Waals surface area contributed by atoms with Gasteiger partial charge in [-0.1, -0.05) is 0 Å². The van der Waals surface area contributed by atoms with E-state index in [0.717, 1.165) is 6.42 Å². The van der Waals surface area contributed by atoms with Crippen LogP contribution in [0.3, 0.4) is 0 Å². The molecule has 1 heterocycles. The highest BCUT2D eigenvalue weighted by molar-refractivity contribution is 5.85. The normalized spacial score (nSPS) is 20.1. The van der Waals surface area contributed by atoms with Crippen LogP contribution in [-0.4, -0.2) is 41.3 Å². The van der Waals surface area contributed by atoms with E-state index in [2.05, 4.69) is 0 Å². The van der Waals surface area contributed by atoms with Gasteiger partial charge >= 0.3 is 12.1 Å². The lowest BCUT2D eigenvalue weighted by molar-refractivity contribution is -0.141. The van der Waals surface area contributed by atoms with E-state index in [0.29, 0.717) is 13.0 Å². The van der Waals surface area contributed by atoms with E-state index in [9.17, 15) is 9.59 Å². The first-order valence-corrected chi connectivity index (χ1v) is 4.33.